The summed E-state index contributed by atoms with van der Waals surface area (Å²) in [5.74, 6) is -2.26. The first-order valence-corrected chi connectivity index (χ1v) is 17.4. The number of nitrogens with zero attached hydrogens (tertiary/aromatic N) is 3. The van der Waals surface area contributed by atoms with Crippen LogP contribution < -0.4 is 21.3 Å². The van der Waals surface area contributed by atoms with Crippen molar-refractivity contribution in [1.29, 1.82) is 0 Å². The van der Waals surface area contributed by atoms with E-state index in [-0.39, 0.29) is 55.8 Å². The molecule has 0 aliphatic carbocycles. The van der Waals surface area contributed by atoms with Gasteiger partial charge in [-0.25, -0.2) is 0 Å². The fourth-order valence-electron chi connectivity index (χ4n) is 6.29. The van der Waals surface area contributed by atoms with E-state index < -0.39 is 41.8 Å². The number of fused-ring (bicyclic) bond motifs is 2. The minimum atomic E-state index is -1.06. The van der Waals surface area contributed by atoms with Gasteiger partial charge < -0.3 is 40.3 Å². The molecule has 2 aromatic carbocycles. The van der Waals surface area contributed by atoms with Crippen LogP contribution in [0.25, 0.3) is 0 Å². The number of piperidine rings is 1. The highest BCUT2D eigenvalue weighted by Gasteiger charge is 2.32. The first kappa shape index (κ1) is 37.2. The number of amides is 5. The molecule has 1 aromatic heterocycles. The number of benzene rings is 2. The lowest BCUT2D eigenvalue weighted by Crippen LogP contribution is -2.57. The van der Waals surface area contributed by atoms with Crippen molar-refractivity contribution in [3.8, 4) is 0 Å². The molecule has 3 atom stereocenters. The van der Waals surface area contributed by atoms with Gasteiger partial charge in [0.25, 0.3) is 5.91 Å². The maximum Gasteiger partial charge on any atom is 0.274 e. The quantitative estimate of drug-likeness (QED) is 0.268. The number of hydrogen-bond acceptors (Lipinski definition) is 9. The zero-order valence-corrected chi connectivity index (χ0v) is 29.1. The molecular formula is C37H47N7O7. The van der Waals surface area contributed by atoms with Crippen LogP contribution in [0.4, 0.5) is 0 Å². The fourth-order valence-corrected chi connectivity index (χ4v) is 6.29. The number of aromatic nitrogens is 1. The second-order valence-electron chi connectivity index (χ2n) is 13.0. The predicted octanol–water partition coefficient (Wildman–Crippen LogP) is 1.06. The fraction of sp³-hybridized carbons (Fsp3) is 0.459. The van der Waals surface area contributed by atoms with Crippen LogP contribution in [-0.2, 0) is 43.3 Å². The van der Waals surface area contributed by atoms with Crippen molar-refractivity contribution in [2.45, 2.75) is 57.3 Å². The number of carbonyl (C=O) groups excluding carboxylic acids is 5. The molecule has 1 fully saturated rings. The molecule has 2 aliphatic rings. The Kier molecular flexibility index (Phi) is 13.3. The number of hydrogen-bond donors (Lipinski definition) is 4. The van der Waals surface area contributed by atoms with Crippen LogP contribution in [0.15, 0.2) is 71.3 Å². The summed E-state index contributed by atoms with van der Waals surface area (Å²) in [6.07, 6.45) is 1.69. The first-order valence-electron chi connectivity index (χ1n) is 17.4. The monoisotopic (exact) mass is 701 g/mol. The Morgan fingerprint density at radius 1 is 0.843 bits per heavy atom. The van der Waals surface area contributed by atoms with Gasteiger partial charge in [-0.2, -0.15) is 0 Å². The van der Waals surface area contributed by atoms with Gasteiger partial charge in [-0.15, -0.1) is 0 Å². The van der Waals surface area contributed by atoms with Crippen LogP contribution in [0.1, 0.15) is 47.1 Å². The molecule has 3 aromatic rings. The molecule has 14 nitrogen and oxygen atoms in total. The Labute approximate surface area is 297 Å². The summed E-state index contributed by atoms with van der Waals surface area (Å²) in [5, 5.41) is 15.1. The van der Waals surface area contributed by atoms with Crippen LogP contribution >= 0.6 is 0 Å². The normalized spacial score (nSPS) is 21.8. The standard InChI is InChI=1S/C37H47N7O7/c1-25-33(45)40-31(22-27-11-7-4-8-12-27)35(47)41-30(21-26-9-5-3-6-10-26)34(46)38-15-18-44(24-29-23-32(42-51-29)36(48)39-25)37(49)28-13-16-43(17-14-28)19-20-50-2/h3-12,23,25,28,30-31H,13-22,24H2,1-2H3,(H,38,46)(H,39,48)(H,40,45)(H,41,47)/t25-,30+,31-/m0/s1. The average Bonchev–Trinajstić information content (AvgIpc) is 3.62. The van der Waals surface area contributed by atoms with Crippen molar-refractivity contribution in [3.63, 3.8) is 0 Å². The average molecular weight is 702 g/mol. The third-order valence-corrected chi connectivity index (χ3v) is 9.25. The topological polar surface area (TPSA) is 175 Å². The smallest absolute Gasteiger partial charge is 0.274 e. The van der Waals surface area contributed by atoms with Crippen molar-refractivity contribution >= 4 is 29.5 Å². The van der Waals surface area contributed by atoms with E-state index in [1.54, 1.807) is 12.0 Å². The number of rotatable bonds is 8. The molecule has 3 heterocycles. The minimum Gasteiger partial charge on any atom is -0.383 e. The molecule has 4 N–H and O–H groups in total. The molecule has 0 unspecified atom stereocenters. The Morgan fingerprint density at radius 3 is 2.08 bits per heavy atom. The number of carbonyl (C=O) groups is 5. The van der Waals surface area contributed by atoms with E-state index in [1.807, 2.05) is 60.7 Å². The van der Waals surface area contributed by atoms with E-state index in [0.717, 1.165) is 30.8 Å². The highest BCUT2D eigenvalue weighted by atomic mass is 16.5. The summed E-state index contributed by atoms with van der Waals surface area (Å²) in [4.78, 5) is 71.9. The van der Waals surface area contributed by atoms with E-state index in [0.29, 0.717) is 19.4 Å². The summed E-state index contributed by atoms with van der Waals surface area (Å²) in [6.45, 7) is 4.72. The number of likely N-dealkylation sites (tertiary alicyclic amines) is 1. The van der Waals surface area contributed by atoms with Crippen molar-refractivity contribution in [2.24, 2.45) is 5.92 Å². The summed E-state index contributed by atoms with van der Waals surface area (Å²) >= 11 is 0. The lowest BCUT2D eigenvalue weighted by Gasteiger charge is -2.34. The van der Waals surface area contributed by atoms with Crippen molar-refractivity contribution in [3.05, 3.63) is 89.3 Å². The van der Waals surface area contributed by atoms with E-state index >= 15 is 0 Å². The third kappa shape index (κ3) is 10.7. The Morgan fingerprint density at radius 2 is 1.45 bits per heavy atom. The van der Waals surface area contributed by atoms with Gasteiger partial charge in [-0.05, 0) is 44.0 Å². The first-order chi connectivity index (χ1) is 24.7. The van der Waals surface area contributed by atoms with Crippen LogP contribution in [0.3, 0.4) is 0 Å². The molecule has 0 radical (unpaired) electrons. The van der Waals surface area contributed by atoms with Gasteiger partial charge >= 0.3 is 0 Å². The second kappa shape index (κ2) is 18.2. The lowest BCUT2D eigenvalue weighted by atomic mass is 9.95. The largest absolute Gasteiger partial charge is 0.383 e. The predicted molar refractivity (Wildman–Crippen MR) is 187 cm³/mol. The molecule has 1 saturated heterocycles. The van der Waals surface area contributed by atoms with E-state index in [2.05, 4.69) is 31.3 Å². The van der Waals surface area contributed by atoms with E-state index in [1.165, 1.54) is 13.0 Å². The summed E-state index contributed by atoms with van der Waals surface area (Å²) in [7, 11) is 1.67. The van der Waals surface area contributed by atoms with Gasteiger partial charge in [-0.1, -0.05) is 65.8 Å². The SMILES string of the molecule is COCCN1CCC(C(=O)N2CCNC(=O)[C@@H](Cc3ccccc3)NC(=O)[C@H](Cc3ccccc3)NC(=O)[C@H](C)NC(=O)c3cc(on3)C2)CC1. The van der Waals surface area contributed by atoms with Crippen LogP contribution in [0.5, 0.6) is 0 Å². The second-order valence-corrected chi connectivity index (χ2v) is 13.0. The zero-order chi connectivity index (χ0) is 36.2. The van der Waals surface area contributed by atoms with Crippen LogP contribution in [-0.4, -0.2) is 109 Å². The molecule has 0 saturated carbocycles. The maximum atomic E-state index is 13.9. The van der Waals surface area contributed by atoms with Crippen molar-refractivity contribution in [1.82, 2.24) is 36.2 Å². The van der Waals surface area contributed by atoms with E-state index in [9.17, 15) is 24.0 Å². The van der Waals surface area contributed by atoms with Crippen LogP contribution in [0.2, 0.25) is 0 Å². The van der Waals surface area contributed by atoms with Gasteiger partial charge in [0.1, 0.15) is 18.1 Å². The Balaban J connectivity index is 1.39. The summed E-state index contributed by atoms with van der Waals surface area (Å²) in [5.41, 5.74) is 1.57. The number of methoxy groups -OCH3 is 1. The van der Waals surface area contributed by atoms with Crippen molar-refractivity contribution < 1.29 is 33.2 Å². The number of nitrogens with one attached hydrogen (secondary N) is 4. The Bertz CT molecular complexity index is 1630. The lowest BCUT2D eigenvalue weighted by molar-refractivity contribution is -0.138. The molecule has 51 heavy (non-hydrogen) atoms. The highest BCUT2D eigenvalue weighted by molar-refractivity contribution is 5.97. The molecule has 5 amide bonds. The molecule has 2 aliphatic heterocycles. The van der Waals surface area contributed by atoms with Gasteiger partial charge in [0.05, 0.1) is 13.2 Å². The molecule has 0 spiro atoms. The minimum absolute atomic E-state index is 0.0280. The van der Waals surface area contributed by atoms with Gasteiger partial charge in [0.2, 0.25) is 23.6 Å². The van der Waals surface area contributed by atoms with Crippen LogP contribution in [0, 0.1) is 5.92 Å². The van der Waals surface area contributed by atoms with Gasteiger partial charge in [-0.3, -0.25) is 24.0 Å². The summed E-state index contributed by atoms with van der Waals surface area (Å²) < 4.78 is 10.7. The zero-order valence-electron chi connectivity index (χ0n) is 29.1. The van der Waals surface area contributed by atoms with Gasteiger partial charge in [0.15, 0.2) is 11.5 Å². The molecule has 2 bridgehead atoms. The van der Waals surface area contributed by atoms with Crippen molar-refractivity contribution in [2.75, 3.05) is 46.4 Å². The maximum absolute atomic E-state index is 13.9. The third-order valence-electron chi connectivity index (χ3n) is 9.25. The molecular weight excluding hydrogens is 654 g/mol. The highest BCUT2D eigenvalue weighted by Crippen LogP contribution is 2.21. The Hall–Kier alpha value is -5.08. The molecule has 14 heteroatoms. The number of ether oxygens (including phenoxy) is 1. The summed E-state index contributed by atoms with van der Waals surface area (Å²) in [6, 6.07) is 16.8. The molecule has 272 valence electrons. The van der Waals surface area contributed by atoms with Gasteiger partial charge in [0, 0.05) is 51.6 Å². The molecule has 5 rings (SSSR count). The van der Waals surface area contributed by atoms with E-state index in [4.69, 9.17) is 9.26 Å².